The summed E-state index contributed by atoms with van der Waals surface area (Å²) in [4.78, 5) is 29.0. The Morgan fingerprint density at radius 1 is 0.774 bits per heavy atom. The first-order chi connectivity index (χ1) is 15.1. The third kappa shape index (κ3) is 3.80. The van der Waals surface area contributed by atoms with E-state index in [2.05, 4.69) is 0 Å². The Morgan fingerprint density at radius 3 is 2.26 bits per heavy atom. The molecule has 0 N–H and O–H groups in total. The number of hydrogen-bond donors (Lipinski definition) is 0. The smallest absolute Gasteiger partial charge is 0.254 e. The van der Waals surface area contributed by atoms with Crippen LogP contribution in [0.15, 0.2) is 60.7 Å². The monoisotopic (exact) mass is 416 g/mol. The topological polar surface area (TPSA) is 40.6 Å². The summed E-state index contributed by atoms with van der Waals surface area (Å²) in [5.41, 5.74) is 3.29. The molecule has 3 aromatic carbocycles. The number of carbonyl (C=O) groups excluding carboxylic acids is 2. The van der Waals surface area contributed by atoms with Gasteiger partial charge in [-0.1, -0.05) is 36.4 Å². The predicted molar refractivity (Wildman–Crippen MR) is 120 cm³/mol. The van der Waals surface area contributed by atoms with Crippen LogP contribution in [0.25, 0.3) is 21.9 Å². The van der Waals surface area contributed by atoms with Crippen LogP contribution in [0.2, 0.25) is 0 Å². The first-order valence-corrected chi connectivity index (χ1v) is 11.0. The lowest BCUT2D eigenvalue weighted by Gasteiger charge is -2.34. The van der Waals surface area contributed by atoms with Crippen molar-refractivity contribution in [3.63, 3.8) is 0 Å². The van der Waals surface area contributed by atoms with E-state index in [1.165, 1.54) is 11.3 Å². The summed E-state index contributed by atoms with van der Waals surface area (Å²) < 4.78 is 13.1. The molecule has 31 heavy (non-hydrogen) atoms. The van der Waals surface area contributed by atoms with Gasteiger partial charge in [-0.15, -0.1) is 0 Å². The summed E-state index contributed by atoms with van der Waals surface area (Å²) in [6.45, 7) is 2.01. The average Bonchev–Trinajstić information content (AvgIpc) is 2.81. The Balaban J connectivity index is 1.46. The van der Waals surface area contributed by atoms with E-state index in [9.17, 15) is 14.0 Å². The summed E-state index contributed by atoms with van der Waals surface area (Å²) in [7, 11) is 0. The lowest BCUT2D eigenvalue weighted by atomic mass is 9.95. The number of piperidine rings is 1. The van der Waals surface area contributed by atoms with E-state index in [4.69, 9.17) is 0 Å². The van der Waals surface area contributed by atoms with E-state index in [1.807, 2.05) is 65.6 Å². The number of rotatable bonds is 3. The molecule has 3 aromatic rings. The third-order valence-corrected chi connectivity index (χ3v) is 6.32. The van der Waals surface area contributed by atoms with Crippen LogP contribution in [-0.4, -0.2) is 54.0 Å². The van der Waals surface area contributed by atoms with Crippen LogP contribution in [0, 0.1) is 0 Å². The second kappa shape index (κ2) is 8.14. The van der Waals surface area contributed by atoms with Gasteiger partial charge in [0, 0.05) is 24.2 Å². The molecule has 5 heteroatoms. The molecule has 2 fully saturated rings. The van der Waals surface area contributed by atoms with Crippen LogP contribution < -0.4 is 0 Å². The van der Waals surface area contributed by atoms with Crippen LogP contribution in [0.5, 0.6) is 0 Å². The first-order valence-electron chi connectivity index (χ1n) is 11.0. The molecule has 2 amide bonds. The summed E-state index contributed by atoms with van der Waals surface area (Å²) in [5, 5.41) is 1.97. The fraction of sp³-hybridized carbons (Fsp3) is 0.308. The van der Waals surface area contributed by atoms with Gasteiger partial charge in [0.1, 0.15) is 6.17 Å². The second-order valence-corrected chi connectivity index (χ2v) is 8.48. The number of benzene rings is 3. The molecule has 0 bridgehead atoms. The quantitative estimate of drug-likeness (QED) is 0.608. The number of likely N-dealkylation sites (tertiary alicyclic amines) is 2. The highest BCUT2D eigenvalue weighted by Crippen LogP contribution is 2.31. The molecule has 2 aliphatic rings. The number of amides is 2. The molecule has 0 spiro atoms. The summed E-state index contributed by atoms with van der Waals surface area (Å²) >= 11 is 0. The van der Waals surface area contributed by atoms with Crippen LogP contribution in [-0.2, 0) is 0 Å². The Bertz CT molecular complexity index is 1150. The van der Waals surface area contributed by atoms with Gasteiger partial charge in [0.05, 0.1) is 13.1 Å². The molecule has 0 aromatic heterocycles. The van der Waals surface area contributed by atoms with Crippen LogP contribution >= 0.6 is 0 Å². The molecule has 0 aliphatic carbocycles. The molecule has 0 radical (unpaired) electrons. The minimum Gasteiger partial charge on any atom is -0.339 e. The number of carbonyl (C=O) groups is 2. The molecule has 158 valence electrons. The van der Waals surface area contributed by atoms with Gasteiger partial charge >= 0.3 is 0 Å². The van der Waals surface area contributed by atoms with Crippen molar-refractivity contribution in [3.05, 3.63) is 71.8 Å². The van der Waals surface area contributed by atoms with Gasteiger partial charge in [0.2, 0.25) is 0 Å². The molecular formula is C26H25FN2O2. The van der Waals surface area contributed by atoms with Crippen molar-refractivity contribution in [1.29, 1.82) is 0 Å². The Kier molecular flexibility index (Phi) is 5.18. The van der Waals surface area contributed by atoms with E-state index < -0.39 is 6.17 Å². The number of hydrogen-bond acceptors (Lipinski definition) is 2. The van der Waals surface area contributed by atoms with Crippen molar-refractivity contribution < 1.29 is 14.0 Å². The van der Waals surface area contributed by atoms with E-state index in [0.29, 0.717) is 11.1 Å². The number of alkyl halides is 1. The molecule has 2 aliphatic heterocycles. The van der Waals surface area contributed by atoms with Gasteiger partial charge < -0.3 is 9.80 Å². The van der Waals surface area contributed by atoms with Gasteiger partial charge in [-0.05, 0) is 65.4 Å². The summed E-state index contributed by atoms with van der Waals surface area (Å²) in [6.07, 6.45) is 2.42. The SMILES string of the molecule is O=C(c1cccc(-c2cccc3cc(C(=O)N4CC(F)C4)ccc23)c1)N1CCCCC1. The van der Waals surface area contributed by atoms with E-state index in [-0.39, 0.29) is 24.9 Å². The molecule has 2 saturated heterocycles. The predicted octanol–water partition coefficient (Wildman–Crippen LogP) is 4.93. The van der Waals surface area contributed by atoms with Crippen molar-refractivity contribution in [2.45, 2.75) is 25.4 Å². The number of nitrogens with zero attached hydrogens (tertiary/aromatic N) is 2. The minimum absolute atomic E-state index is 0.0929. The number of halogens is 1. The molecule has 0 atom stereocenters. The molecule has 5 rings (SSSR count). The summed E-state index contributed by atoms with van der Waals surface area (Å²) in [5.74, 6) is -0.0364. The fourth-order valence-corrected chi connectivity index (χ4v) is 4.54. The maximum absolute atomic E-state index is 13.1. The molecule has 2 heterocycles. The largest absolute Gasteiger partial charge is 0.339 e. The van der Waals surface area contributed by atoms with Crippen LogP contribution in [0.1, 0.15) is 40.0 Å². The summed E-state index contributed by atoms with van der Waals surface area (Å²) in [6, 6.07) is 19.4. The van der Waals surface area contributed by atoms with Crippen molar-refractivity contribution >= 4 is 22.6 Å². The maximum Gasteiger partial charge on any atom is 0.254 e. The second-order valence-electron chi connectivity index (χ2n) is 8.48. The van der Waals surface area contributed by atoms with Crippen LogP contribution in [0.4, 0.5) is 4.39 Å². The highest BCUT2D eigenvalue weighted by molar-refractivity contribution is 6.03. The normalized spacial score (nSPS) is 16.9. The van der Waals surface area contributed by atoms with Crippen LogP contribution in [0.3, 0.4) is 0 Å². The van der Waals surface area contributed by atoms with E-state index >= 15 is 0 Å². The zero-order valence-electron chi connectivity index (χ0n) is 17.4. The van der Waals surface area contributed by atoms with Gasteiger partial charge in [-0.25, -0.2) is 4.39 Å². The highest BCUT2D eigenvalue weighted by Gasteiger charge is 2.31. The van der Waals surface area contributed by atoms with Crippen molar-refractivity contribution in [2.24, 2.45) is 0 Å². The van der Waals surface area contributed by atoms with Crippen molar-refractivity contribution in [3.8, 4) is 11.1 Å². The maximum atomic E-state index is 13.1. The van der Waals surface area contributed by atoms with Crippen molar-refractivity contribution in [1.82, 2.24) is 9.80 Å². The van der Waals surface area contributed by atoms with Gasteiger partial charge in [0.25, 0.3) is 11.8 Å². The lowest BCUT2D eigenvalue weighted by Crippen LogP contribution is -2.51. The highest BCUT2D eigenvalue weighted by atomic mass is 19.1. The number of fused-ring (bicyclic) bond motifs is 1. The minimum atomic E-state index is -0.907. The standard InChI is InChI=1S/C26H25FN2O2/c27-22-16-29(17-22)26(31)21-10-11-24-19(15-21)7-5-9-23(24)18-6-4-8-20(14-18)25(30)28-12-2-1-3-13-28/h4-11,14-15,22H,1-3,12-13,16-17H2. The first kappa shape index (κ1) is 19.7. The van der Waals surface area contributed by atoms with Gasteiger partial charge in [-0.3, -0.25) is 9.59 Å². The van der Waals surface area contributed by atoms with E-state index in [0.717, 1.165) is 47.8 Å². The van der Waals surface area contributed by atoms with E-state index in [1.54, 1.807) is 0 Å². The zero-order chi connectivity index (χ0) is 21.4. The Morgan fingerprint density at radius 2 is 1.48 bits per heavy atom. The van der Waals surface area contributed by atoms with Gasteiger partial charge in [0.15, 0.2) is 0 Å². The molecule has 0 saturated carbocycles. The Labute approximate surface area is 181 Å². The van der Waals surface area contributed by atoms with Gasteiger partial charge in [-0.2, -0.15) is 0 Å². The molecular weight excluding hydrogens is 391 g/mol. The molecule has 4 nitrogen and oxygen atoms in total. The third-order valence-electron chi connectivity index (χ3n) is 6.32. The van der Waals surface area contributed by atoms with Crippen molar-refractivity contribution in [2.75, 3.05) is 26.2 Å². The zero-order valence-corrected chi connectivity index (χ0v) is 17.4. The fourth-order valence-electron chi connectivity index (χ4n) is 4.54. The Hall–Kier alpha value is -3.21. The average molecular weight is 416 g/mol. The lowest BCUT2D eigenvalue weighted by molar-refractivity contribution is 0.0400. The molecule has 0 unspecified atom stereocenters.